The number of carboxylic acid groups (broad SMARTS) is 1. The van der Waals surface area contributed by atoms with Crippen LogP contribution in [0.5, 0.6) is 5.75 Å². The lowest BCUT2D eigenvalue weighted by Gasteiger charge is -2.27. The summed E-state index contributed by atoms with van der Waals surface area (Å²) < 4.78 is 5.46. The van der Waals surface area contributed by atoms with E-state index in [1.807, 2.05) is 54.6 Å². The normalized spacial score (nSPS) is 13.4. The number of H-pyrrole nitrogens is 1. The van der Waals surface area contributed by atoms with E-state index in [9.17, 15) is 39.0 Å². The summed E-state index contributed by atoms with van der Waals surface area (Å²) in [6, 6.07) is 18.7. The number of nitrogens with two attached hydrogens (primary N) is 1. The number of rotatable bonds is 23. The van der Waals surface area contributed by atoms with E-state index in [0.717, 1.165) is 22.0 Å². The van der Waals surface area contributed by atoms with Gasteiger partial charge in [-0.1, -0.05) is 60.7 Å². The third-order valence-electron chi connectivity index (χ3n) is 9.30. The number of primary amides is 1. The Bertz CT molecular complexity index is 2120. The molecule has 4 aromatic rings. The minimum Gasteiger partial charge on any atom is -0.508 e. The molecule has 1 heterocycles. The van der Waals surface area contributed by atoms with Crippen molar-refractivity contribution in [2.45, 2.75) is 89.1 Å². The van der Waals surface area contributed by atoms with E-state index in [1.165, 1.54) is 18.2 Å². The Balaban J connectivity index is 1.48. The largest absolute Gasteiger partial charge is 0.508 e. The summed E-state index contributed by atoms with van der Waals surface area (Å²) in [5.41, 5.74) is 13.5. The molecule has 11 N–H and O–H groups in total. The summed E-state index contributed by atoms with van der Waals surface area (Å²) in [5, 5.41) is 30.9. The topological polar surface area (TPSA) is 266 Å². The number of carbonyl (C=O) groups excluding carboxylic acids is 5. The van der Waals surface area contributed by atoms with Crippen LogP contribution in [-0.2, 0) is 41.6 Å². The number of aliphatic carboxylic acids is 1. The molecule has 0 saturated heterocycles. The third kappa shape index (κ3) is 16.8. The molecule has 4 rings (SSSR count). The number of phenolic OH excluding ortho intramolecular Hbond substituents is 1. The Morgan fingerprint density at radius 3 is 2.20 bits per heavy atom. The van der Waals surface area contributed by atoms with Crippen LogP contribution in [0.1, 0.15) is 63.1 Å². The highest BCUT2D eigenvalue weighted by atomic mass is 16.6. The van der Waals surface area contributed by atoms with Crippen molar-refractivity contribution in [1.82, 2.24) is 37.1 Å². The van der Waals surface area contributed by atoms with Crippen molar-refractivity contribution in [1.29, 1.82) is 0 Å². The van der Waals surface area contributed by atoms with Gasteiger partial charge in [-0.2, -0.15) is 0 Å². The van der Waals surface area contributed by atoms with Gasteiger partial charge in [-0.3, -0.25) is 29.4 Å². The van der Waals surface area contributed by atoms with E-state index in [1.54, 1.807) is 45.2 Å². The number of carbonyl (C=O) groups is 6. The Hall–Kier alpha value is -6.72. The smallest absolute Gasteiger partial charge is 0.408 e. The maximum atomic E-state index is 14.1. The highest BCUT2D eigenvalue weighted by Gasteiger charge is 2.30. The number of aromatic nitrogens is 1. The number of hydrogen-bond donors (Lipinski definition) is 10. The summed E-state index contributed by atoms with van der Waals surface area (Å²) >= 11 is 0. The molecule has 17 heteroatoms. The average Bonchev–Trinajstić information content (AvgIpc) is 3.61. The van der Waals surface area contributed by atoms with Crippen LogP contribution in [0.15, 0.2) is 91.1 Å². The monoisotopic (exact) mass is 840 g/mol. The zero-order valence-corrected chi connectivity index (χ0v) is 34.5. The van der Waals surface area contributed by atoms with Crippen molar-refractivity contribution in [2.75, 3.05) is 13.1 Å². The predicted molar refractivity (Wildman–Crippen MR) is 230 cm³/mol. The van der Waals surface area contributed by atoms with Crippen molar-refractivity contribution >= 4 is 52.7 Å². The third-order valence-corrected chi connectivity index (χ3v) is 9.30. The molecule has 3 aromatic carbocycles. The zero-order valence-electron chi connectivity index (χ0n) is 34.5. The molecule has 326 valence electrons. The number of para-hydroxylation sites is 1. The molecule has 17 nitrogen and oxygen atoms in total. The minimum absolute atomic E-state index is 0.0361. The predicted octanol–water partition coefficient (Wildman–Crippen LogP) is 2.94. The lowest BCUT2D eigenvalue weighted by atomic mass is 10.0. The first-order valence-corrected chi connectivity index (χ1v) is 20.0. The molecule has 0 aliphatic rings. The van der Waals surface area contributed by atoms with E-state index < -0.39 is 66.0 Å². The van der Waals surface area contributed by atoms with Crippen LogP contribution in [0.4, 0.5) is 4.79 Å². The maximum Gasteiger partial charge on any atom is 0.408 e. The molecule has 5 amide bonds. The zero-order chi connectivity index (χ0) is 44.4. The van der Waals surface area contributed by atoms with Crippen LogP contribution in [0.2, 0.25) is 0 Å². The second kappa shape index (κ2) is 23.2. The number of phenols is 1. The summed E-state index contributed by atoms with van der Waals surface area (Å²) in [6.07, 6.45) is 4.46. The minimum atomic E-state index is -1.21. The van der Waals surface area contributed by atoms with Crippen LogP contribution < -0.4 is 37.9 Å². The number of nitrogens with one attached hydrogen (secondary N) is 7. The number of hydrazine groups is 1. The molecule has 0 unspecified atom stereocenters. The van der Waals surface area contributed by atoms with E-state index in [-0.39, 0.29) is 44.0 Å². The molecule has 0 aliphatic carbocycles. The van der Waals surface area contributed by atoms with Crippen molar-refractivity contribution in [3.8, 4) is 5.75 Å². The highest BCUT2D eigenvalue weighted by molar-refractivity contribution is 5.93. The lowest BCUT2D eigenvalue weighted by Crippen LogP contribution is -2.58. The fourth-order valence-corrected chi connectivity index (χ4v) is 6.29. The Morgan fingerprint density at radius 2 is 1.51 bits per heavy atom. The van der Waals surface area contributed by atoms with Crippen LogP contribution in [-0.4, -0.2) is 93.7 Å². The van der Waals surface area contributed by atoms with Crippen LogP contribution in [0.3, 0.4) is 0 Å². The van der Waals surface area contributed by atoms with Gasteiger partial charge in [0.2, 0.25) is 23.6 Å². The second-order valence-electron chi connectivity index (χ2n) is 15.5. The molecule has 0 spiro atoms. The van der Waals surface area contributed by atoms with Gasteiger partial charge in [0.05, 0.1) is 12.5 Å². The molecule has 0 saturated carbocycles. The van der Waals surface area contributed by atoms with E-state index in [2.05, 4.69) is 37.1 Å². The first-order valence-electron chi connectivity index (χ1n) is 20.0. The maximum absolute atomic E-state index is 14.1. The quantitative estimate of drug-likeness (QED) is 0.0295. The Morgan fingerprint density at radius 1 is 0.820 bits per heavy atom. The first-order chi connectivity index (χ1) is 29.1. The van der Waals surface area contributed by atoms with Gasteiger partial charge in [-0.25, -0.2) is 10.2 Å². The van der Waals surface area contributed by atoms with Crippen molar-refractivity contribution < 1.29 is 43.7 Å². The summed E-state index contributed by atoms with van der Waals surface area (Å²) in [6.45, 7) is 5.16. The number of carboxylic acids is 1. The van der Waals surface area contributed by atoms with Crippen molar-refractivity contribution in [3.63, 3.8) is 0 Å². The van der Waals surface area contributed by atoms with Crippen molar-refractivity contribution in [2.24, 2.45) is 5.73 Å². The first kappa shape index (κ1) is 47.0. The van der Waals surface area contributed by atoms with E-state index >= 15 is 0 Å². The number of hydrogen-bond acceptors (Lipinski definition) is 10. The molecule has 0 radical (unpaired) electrons. The molecule has 4 atom stereocenters. The molecule has 1 aromatic heterocycles. The molecular weight excluding hydrogens is 785 g/mol. The van der Waals surface area contributed by atoms with Gasteiger partial charge < -0.3 is 46.9 Å². The van der Waals surface area contributed by atoms with Crippen LogP contribution in [0.25, 0.3) is 17.0 Å². The van der Waals surface area contributed by atoms with Gasteiger partial charge in [0, 0.05) is 42.7 Å². The number of aromatic amines is 1. The van der Waals surface area contributed by atoms with Crippen molar-refractivity contribution in [3.05, 3.63) is 108 Å². The number of amides is 5. The SMILES string of the molecule is CC(C)(C)OC(=O)N[C@@H](Cc1c[nH]c2ccccc12)C(=O)N[C@@H](CCCCNC(=O)/C=C\c1ccc(O)cc1)C(=O)N[C@H](CNN[C@@H](Cc1ccccc1)C(N)=O)CC(=O)O. The van der Waals surface area contributed by atoms with E-state index in [0.29, 0.717) is 18.4 Å². The van der Waals surface area contributed by atoms with Crippen LogP contribution in [0, 0.1) is 0 Å². The second-order valence-corrected chi connectivity index (χ2v) is 15.5. The average molecular weight is 841 g/mol. The number of ether oxygens (including phenoxy) is 1. The molecule has 61 heavy (non-hydrogen) atoms. The number of aromatic hydroxyl groups is 1. The molecular formula is C44H56N8O9. The molecule has 0 bridgehead atoms. The van der Waals surface area contributed by atoms with Crippen LogP contribution >= 0.6 is 0 Å². The Kier molecular flexibility index (Phi) is 17.8. The fourth-order valence-electron chi connectivity index (χ4n) is 6.29. The number of benzene rings is 3. The number of unbranched alkanes of at least 4 members (excludes halogenated alkanes) is 1. The number of alkyl carbamates (subject to hydrolysis) is 1. The van der Waals surface area contributed by atoms with Gasteiger partial charge in [0.25, 0.3) is 0 Å². The van der Waals surface area contributed by atoms with Gasteiger partial charge in [-0.15, -0.1) is 0 Å². The fraction of sp³-hybridized carbons (Fsp3) is 0.364. The van der Waals surface area contributed by atoms with Gasteiger partial charge in [-0.05, 0) is 87.4 Å². The Labute approximate surface area is 354 Å². The molecule has 0 fully saturated rings. The number of fused-ring (bicyclic) bond motifs is 1. The van der Waals surface area contributed by atoms with E-state index in [4.69, 9.17) is 10.5 Å². The molecule has 0 aliphatic heterocycles. The lowest BCUT2D eigenvalue weighted by molar-refractivity contribution is -0.138. The summed E-state index contributed by atoms with van der Waals surface area (Å²) in [4.78, 5) is 80.9. The van der Waals surface area contributed by atoms with Gasteiger partial charge in [0.15, 0.2) is 0 Å². The summed E-state index contributed by atoms with van der Waals surface area (Å²) in [5.74, 6) is -3.50. The van der Waals surface area contributed by atoms with Gasteiger partial charge in [0.1, 0.15) is 29.5 Å². The standard InChI is InChI=1S/C44H56N8O9/c1-44(2,3)61-43(60)51-37(24-30-26-47-34-14-8-7-13-33(30)34)42(59)50-35(15-9-10-22-46-38(54)21-18-28-16-19-32(53)20-17-28)41(58)49-31(25-39(55)56)27-48-52-36(40(45)57)23-29-11-5-4-6-12-29/h4-8,11-14,16-21,26,31,35-37,47-48,52-53H,9-10,15,22-25,27H2,1-3H3,(H2,45,57)(H,46,54)(H,49,58)(H,50,59)(H,51,60)(H,55,56)/b21-18-/t31-,35-,36-,37-/m0/s1. The summed E-state index contributed by atoms with van der Waals surface area (Å²) in [7, 11) is 0. The highest BCUT2D eigenvalue weighted by Crippen LogP contribution is 2.20. The van der Waals surface area contributed by atoms with Gasteiger partial charge >= 0.3 is 12.1 Å².